The highest BCUT2D eigenvalue weighted by Crippen LogP contribution is 2.59. The van der Waals surface area contributed by atoms with Crippen molar-refractivity contribution in [3.8, 4) is 11.3 Å². The van der Waals surface area contributed by atoms with E-state index in [1.54, 1.807) is 30.5 Å². The number of amides is 1. The molecule has 2 N–H and O–H groups in total. The maximum Gasteiger partial charge on any atom is 0.224 e. The van der Waals surface area contributed by atoms with E-state index >= 15 is 0 Å². The Morgan fingerprint density at radius 1 is 1.21 bits per heavy atom. The van der Waals surface area contributed by atoms with Gasteiger partial charge in [0.2, 0.25) is 5.91 Å². The number of rotatable bonds is 12. The smallest absolute Gasteiger partial charge is 0.224 e. The summed E-state index contributed by atoms with van der Waals surface area (Å²) in [4.78, 5) is 36.2. The number of carbonyl (C=O) groups is 2. The summed E-state index contributed by atoms with van der Waals surface area (Å²) in [5, 5.41) is 7.05. The number of nitrogens with one attached hydrogen (secondary N) is 2. The van der Waals surface area contributed by atoms with Gasteiger partial charge in [-0.25, -0.2) is 9.37 Å². The maximum absolute atomic E-state index is 14.5. The summed E-state index contributed by atoms with van der Waals surface area (Å²) in [6, 6.07) is 8.16. The minimum Gasteiger partial charge on any atom is -0.364 e. The Balaban J connectivity index is 1.26. The van der Waals surface area contributed by atoms with Crippen LogP contribution < -0.4 is 5.32 Å². The number of Topliss-reactive ketones (excluding diaryl/α,β-unsaturated/α-hetero) is 1. The van der Waals surface area contributed by atoms with Gasteiger partial charge in [-0.2, -0.15) is 0 Å². The molecule has 5 rings (SSSR count). The van der Waals surface area contributed by atoms with Crippen LogP contribution in [0.4, 0.5) is 4.39 Å². The lowest BCUT2D eigenvalue weighted by Crippen LogP contribution is -2.46. The van der Waals surface area contributed by atoms with Crippen LogP contribution in [-0.2, 0) is 10.3 Å². The van der Waals surface area contributed by atoms with Crippen molar-refractivity contribution in [2.24, 2.45) is 11.3 Å². The fourth-order valence-electron chi connectivity index (χ4n) is 6.03. The number of piperidine rings is 1. The van der Waals surface area contributed by atoms with Crippen LogP contribution in [0.15, 0.2) is 47.3 Å². The van der Waals surface area contributed by atoms with Crippen molar-refractivity contribution in [3.05, 3.63) is 60.1 Å². The van der Waals surface area contributed by atoms with Crippen molar-refractivity contribution in [2.45, 2.75) is 70.8 Å². The molecule has 1 amide bonds. The molecule has 0 bridgehead atoms. The second-order valence-electron chi connectivity index (χ2n) is 11.4. The number of benzene rings is 1. The van der Waals surface area contributed by atoms with E-state index in [9.17, 15) is 14.0 Å². The zero-order chi connectivity index (χ0) is 27.5. The summed E-state index contributed by atoms with van der Waals surface area (Å²) >= 11 is 0. The Morgan fingerprint density at radius 2 is 2.00 bits per heavy atom. The molecule has 0 radical (unpaired) electrons. The second-order valence-corrected chi connectivity index (χ2v) is 11.4. The van der Waals surface area contributed by atoms with Crippen LogP contribution in [0.3, 0.4) is 0 Å². The first-order chi connectivity index (χ1) is 18.8. The van der Waals surface area contributed by atoms with Gasteiger partial charge in [0.05, 0.1) is 17.4 Å². The highest BCUT2D eigenvalue weighted by Gasteiger charge is 2.59. The lowest BCUT2D eigenvalue weighted by molar-refractivity contribution is -0.125. The molecule has 3 heterocycles. The molecule has 1 aliphatic heterocycles. The zero-order valence-electron chi connectivity index (χ0n) is 22.8. The molecule has 1 saturated carbocycles. The SMILES string of the molecule is CCN1CCC2(CC1)C[C@@H]2C(=O)N[C@@](C)(CCCCCC(=O)c1ccon1)c1ncc(-c2ccccc2F)[nH]1. The van der Waals surface area contributed by atoms with Crippen molar-refractivity contribution in [1.82, 2.24) is 25.3 Å². The van der Waals surface area contributed by atoms with Crippen molar-refractivity contribution >= 4 is 11.7 Å². The van der Waals surface area contributed by atoms with Gasteiger partial charge in [-0.3, -0.25) is 9.59 Å². The first-order valence-electron chi connectivity index (χ1n) is 14.1. The second kappa shape index (κ2) is 11.4. The zero-order valence-corrected chi connectivity index (χ0v) is 22.8. The number of carbonyl (C=O) groups excluding carboxylic acids is 2. The minimum absolute atomic E-state index is 0.0249. The lowest BCUT2D eigenvalue weighted by Gasteiger charge is -2.33. The number of unbranched alkanes of at least 4 members (excludes halogenated alkanes) is 2. The Hall–Kier alpha value is -3.33. The molecule has 1 saturated heterocycles. The third kappa shape index (κ3) is 5.98. The summed E-state index contributed by atoms with van der Waals surface area (Å²) < 4.78 is 19.2. The third-order valence-corrected chi connectivity index (χ3v) is 8.77. The van der Waals surface area contributed by atoms with E-state index in [0.717, 1.165) is 51.7 Å². The Labute approximate surface area is 228 Å². The number of nitrogens with zero attached hydrogens (tertiary/aromatic N) is 3. The first kappa shape index (κ1) is 27.2. The number of likely N-dealkylation sites (tertiary alicyclic amines) is 1. The number of hydrogen-bond donors (Lipinski definition) is 2. The quantitative estimate of drug-likeness (QED) is 0.235. The normalized spacial score (nSPS) is 20.0. The van der Waals surface area contributed by atoms with Gasteiger partial charge in [0, 0.05) is 24.0 Å². The van der Waals surface area contributed by atoms with Crippen molar-refractivity contribution < 1.29 is 18.5 Å². The Morgan fingerprint density at radius 3 is 2.72 bits per heavy atom. The van der Waals surface area contributed by atoms with E-state index in [1.165, 1.54) is 12.3 Å². The molecule has 39 heavy (non-hydrogen) atoms. The first-order valence-corrected chi connectivity index (χ1v) is 14.1. The van der Waals surface area contributed by atoms with Crippen LogP contribution in [0.2, 0.25) is 0 Å². The predicted molar refractivity (Wildman–Crippen MR) is 145 cm³/mol. The van der Waals surface area contributed by atoms with E-state index < -0.39 is 5.54 Å². The molecule has 208 valence electrons. The topological polar surface area (TPSA) is 104 Å². The summed E-state index contributed by atoms with van der Waals surface area (Å²) in [5.74, 6) is 0.356. The number of aromatic nitrogens is 3. The van der Waals surface area contributed by atoms with E-state index in [4.69, 9.17) is 4.52 Å². The Bertz CT molecular complexity index is 1280. The highest BCUT2D eigenvalue weighted by molar-refractivity contribution is 5.93. The van der Waals surface area contributed by atoms with Gasteiger partial charge in [0.1, 0.15) is 23.6 Å². The molecule has 1 aliphatic carbocycles. The van der Waals surface area contributed by atoms with Gasteiger partial charge in [0.15, 0.2) is 5.78 Å². The van der Waals surface area contributed by atoms with Gasteiger partial charge in [-0.1, -0.05) is 37.1 Å². The minimum atomic E-state index is -0.745. The summed E-state index contributed by atoms with van der Waals surface area (Å²) in [7, 11) is 0. The van der Waals surface area contributed by atoms with Crippen molar-refractivity contribution in [2.75, 3.05) is 19.6 Å². The van der Waals surface area contributed by atoms with Gasteiger partial charge in [-0.05, 0) is 76.2 Å². The maximum atomic E-state index is 14.5. The molecule has 8 nitrogen and oxygen atoms in total. The van der Waals surface area contributed by atoms with Crippen LogP contribution in [0.1, 0.15) is 81.5 Å². The average molecular weight is 536 g/mol. The van der Waals surface area contributed by atoms with Gasteiger partial charge in [-0.15, -0.1) is 0 Å². The molecule has 1 aromatic carbocycles. The van der Waals surface area contributed by atoms with Crippen LogP contribution in [0.5, 0.6) is 0 Å². The van der Waals surface area contributed by atoms with E-state index in [-0.39, 0.29) is 28.8 Å². The molecule has 2 aromatic heterocycles. The fourth-order valence-corrected chi connectivity index (χ4v) is 6.03. The molecule has 2 aliphatic rings. The standard InChI is InChI=1S/C30H38FN5O3/c1-3-36-16-14-30(15-17-36)19-22(30)27(38)34-29(2,13-8-4-5-11-26(37)24-12-18-39-35-24)28-32-20-25(33-28)21-9-6-7-10-23(21)31/h6-7,9-10,12,18,20,22H,3-5,8,11,13-17,19H2,1-2H3,(H,32,33)(H,34,38)/t22-,29+/m1/s1. The molecule has 9 heteroatoms. The molecule has 2 fully saturated rings. The van der Waals surface area contributed by atoms with Crippen LogP contribution in [0, 0.1) is 17.2 Å². The lowest BCUT2D eigenvalue weighted by atomic mass is 9.89. The van der Waals surface area contributed by atoms with E-state index in [2.05, 4.69) is 32.3 Å². The van der Waals surface area contributed by atoms with Gasteiger partial charge in [0.25, 0.3) is 0 Å². The molecular weight excluding hydrogens is 497 g/mol. The van der Waals surface area contributed by atoms with Crippen LogP contribution in [-0.4, -0.2) is 51.3 Å². The predicted octanol–water partition coefficient (Wildman–Crippen LogP) is 5.49. The molecule has 1 spiro atoms. The summed E-state index contributed by atoms with van der Waals surface area (Å²) in [6.45, 7) is 7.33. The van der Waals surface area contributed by atoms with Crippen LogP contribution >= 0.6 is 0 Å². The van der Waals surface area contributed by atoms with Gasteiger partial charge >= 0.3 is 0 Å². The molecule has 0 unspecified atom stereocenters. The number of imidazole rings is 1. The summed E-state index contributed by atoms with van der Waals surface area (Å²) in [6.07, 6.45) is 9.46. The number of ketones is 1. The van der Waals surface area contributed by atoms with Crippen molar-refractivity contribution in [1.29, 1.82) is 0 Å². The largest absolute Gasteiger partial charge is 0.364 e. The Kier molecular flexibility index (Phi) is 7.98. The van der Waals surface area contributed by atoms with Gasteiger partial charge < -0.3 is 19.7 Å². The monoisotopic (exact) mass is 535 g/mol. The molecule has 2 atom stereocenters. The van der Waals surface area contributed by atoms with Crippen molar-refractivity contribution in [3.63, 3.8) is 0 Å². The molecular formula is C30H38FN5O3. The fraction of sp³-hybridized carbons (Fsp3) is 0.533. The summed E-state index contributed by atoms with van der Waals surface area (Å²) in [5.41, 5.74) is 0.757. The number of hydrogen-bond acceptors (Lipinski definition) is 6. The highest BCUT2D eigenvalue weighted by atomic mass is 19.1. The van der Waals surface area contributed by atoms with E-state index in [0.29, 0.717) is 42.0 Å². The third-order valence-electron chi connectivity index (χ3n) is 8.77. The number of aromatic amines is 1. The number of halogens is 1. The molecule has 3 aromatic rings. The average Bonchev–Trinajstić information content (AvgIpc) is 3.31. The van der Waals surface area contributed by atoms with E-state index in [1.807, 2.05) is 6.92 Å². The van der Waals surface area contributed by atoms with Crippen LogP contribution in [0.25, 0.3) is 11.3 Å². The number of H-pyrrole nitrogens is 1.